The minimum Gasteiger partial charge on any atom is -0.481 e. The standard InChI is InChI=1S/C15H28N2O3S/c1-4-13(10-21-3)16-15(20)17-7-5-6-12(9-17)11(2)8-14(18)19/h11-13H,4-10H2,1-3H3,(H,16,20)(H,18,19). The van der Waals surface area contributed by atoms with Crippen LogP contribution in [0.4, 0.5) is 4.79 Å². The lowest BCUT2D eigenvalue weighted by atomic mass is 9.85. The first kappa shape index (κ1) is 18.1. The second-order valence-corrected chi connectivity index (χ2v) is 6.84. The predicted octanol–water partition coefficient (Wildman–Crippen LogP) is 2.66. The van der Waals surface area contributed by atoms with Crippen LogP contribution in [0.1, 0.15) is 39.5 Å². The molecule has 0 radical (unpaired) electrons. The monoisotopic (exact) mass is 316 g/mol. The number of urea groups is 1. The van der Waals surface area contributed by atoms with E-state index in [-0.39, 0.29) is 24.4 Å². The SMILES string of the molecule is CCC(CSC)NC(=O)N1CCCC(C(C)CC(=O)O)C1. The minimum absolute atomic E-state index is 0.00289. The number of nitrogens with zero attached hydrogens (tertiary/aromatic N) is 1. The number of likely N-dealkylation sites (tertiary alicyclic amines) is 1. The van der Waals surface area contributed by atoms with Crippen LogP contribution in [0.25, 0.3) is 0 Å². The van der Waals surface area contributed by atoms with Crippen molar-refractivity contribution in [3.8, 4) is 0 Å². The molecule has 1 fully saturated rings. The third kappa shape index (κ3) is 6.16. The van der Waals surface area contributed by atoms with Crippen LogP contribution in [-0.4, -0.2) is 53.1 Å². The number of amides is 2. The van der Waals surface area contributed by atoms with E-state index in [1.165, 1.54) is 0 Å². The molecule has 0 bridgehead atoms. The van der Waals surface area contributed by atoms with Crippen LogP contribution < -0.4 is 5.32 Å². The van der Waals surface area contributed by atoms with E-state index in [2.05, 4.69) is 12.2 Å². The molecule has 0 aromatic heterocycles. The molecule has 1 aliphatic heterocycles. The van der Waals surface area contributed by atoms with E-state index in [0.717, 1.165) is 31.6 Å². The summed E-state index contributed by atoms with van der Waals surface area (Å²) >= 11 is 1.74. The van der Waals surface area contributed by atoms with Crippen molar-refractivity contribution in [3.63, 3.8) is 0 Å². The van der Waals surface area contributed by atoms with Crippen LogP contribution in [-0.2, 0) is 4.79 Å². The summed E-state index contributed by atoms with van der Waals surface area (Å²) in [5, 5.41) is 12.0. The van der Waals surface area contributed by atoms with Crippen molar-refractivity contribution in [1.29, 1.82) is 0 Å². The van der Waals surface area contributed by atoms with E-state index in [0.29, 0.717) is 12.5 Å². The van der Waals surface area contributed by atoms with Gasteiger partial charge in [0, 0.05) is 31.3 Å². The summed E-state index contributed by atoms with van der Waals surface area (Å²) in [6.07, 6.45) is 5.13. The second kappa shape index (κ2) is 9.18. The van der Waals surface area contributed by atoms with Crippen LogP contribution in [0.15, 0.2) is 0 Å². The number of hydrogen-bond donors (Lipinski definition) is 2. The zero-order valence-corrected chi connectivity index (χ0v) is 14.1. The Bertz CT molecular complexity index is 352. The first-order valence-electron chi connectivity index (χ1n) is 7.74. The smallest absolute Gasteiger partial charge is 0.317 e. The highest BCUT2D eigenvalue weighted by atomic mass is 32.2. The van der Waals surface area contributed by atoms with Crippen LogP contribution in [0.2, 0.25) is 0 Å². The Morgan fingerprint density at radius 2 is 2.19 bits per heavy atom. The van der Waals surface area contributed by atoms with Gasteiger partial charge < -0.3 is 15.3 Å². The van der Waals surface area contributed by atoms with Crippen molar-refractivity contribution >= 4 is 23.8 Å². The number of aliphatic carboxylic acids is 1. The van der Waals surface area contributed by atoms with E-state index >= 15 is 0 Å². The van der Waals surface area contributed by atoms with Crippen molar-refractivity contribution in [2.75, 3.05) is 25.1 Å². The Balaban J connectivity index is 2.51. The quantitative estimate of drug-likeness (QED) is 0.757. The molecular formula is C15H28N2O3S. The molecule has 0 aromatic carbocycles. The molecule has 0 aromatic rings. The summed E-state index contributed by atoms with van der Waals surface area (Å²) in [5.74, 6) is 0.581. The molecule has 0 spiro atoms. The van der Waals surface area contributed by atoms with Crippen LogP contribution in [0, 0.1) is 11.8 Å². The van der Waals surface area contributed by atoms with E-state index in [4.69, 9.17) is 5.11 Å². The molecule has 1 aliphatic rings. The Morgan fingerprint density at radius 3 is 2.76 bits per heavy atom. The molecular weight excluding hydrogens is 288 g/mol. The van der Waals surface area contributed by atoms with Crippen molar-refractivity contribution in [1.82, 2.24) is 10.2 Å². The van der Waals surface area contributed by atoms with Crippen molar-refractivity contribution < 1.29 is 14.7 Å². The third-order valence-electron chi connectivity index (χ3n) is 4.23. The molecule has 0 saturated carbocycles. The summed E-state index contributed by atoms with van der Waals surface area (Å²) < 4.78 is 0. The second-order valence-electron chi connectivity index (χ2n) is 5.93. The first-order chi connectivity index (χ1) is 9.97. The molecule has 3 unspecified atom stereocenters. The fraction of sp³-hybridized carbons (Fsp3) is 0.867. The lowest BCUT2D eigenvalue weighted by molar-refractivity contribution is -0.138. The van der Waals surface area contributed by atoms with Gasteiger partial charge in [-0.05, 0) is 37.4 Å². The van der Waals surface area contributed by atoms with Gasteiger partial charge >= 0.3 is 12.0 Å². The molecule has 3 atom stereocenters. The third-order valence-corrected chi connectivity index (χ3v) is 4.97. The summed E-state index contributed by atoms with van der Waals surface area (Å²) in [4.78, 5) is 25.0. The molecule has 5 nitrogen and oxygen atoms in total. The first-order valence-corrected chi connectivity index (χ1v) is 9.13. The van der Waals surface area contributed by atoms with Gasteiger partial charge in [0.05, 0.1) is 0 Å². The fourth-order valence-electron chi connectivity index (χ4n) is 2.83. The summed E-state index contributed by atoms with van der Waals surface area (Å²) in [6.45, 7) is 5.51. The number of thioether (sulfide) groups is 1. The van der Waals surface area contributed by atoms with Gasteiger partial charge in [0.25, 0.3) is 0 Å². The molecule has 2 N–H and O–H groups in total. The number of carbonyl (C=O) groups excluding carboxylic acids is 1. The van der Waals surface area contributed by atoms with E-state index in [9.17, 15) is 9.59 Å². The average molecular weight is 316 g/mol. The number of carboxylic acids is 1. The van der Waals surface area contributed by atoms with Crippen LogP contribution in [0.3, 0.4) is 0 Å². The van der Waals surface area contributed by atoms with E-state index in [1.807, 2.05) is 18.1 Å². The van der Waals surface area contributed by atoms with Gasteiger partial charge in [0.2, 0.25) is 0 Å². The Hall–Kier alpha value is -0.910. The van der Waals surface area contributed by atoms with Gasteiger partial charge in [-0.3, -0.25) is 4.79 Å². The van der Waals surface area contributed by atoms with Gasteiger partial charge in [-0.2, -0.15) is 11.8 Å². The van der Waals surface area contributed by atoms with Gasteiger partial charge in [-0.1, -0.05) is 13.8 Å². The highest BCUT2D eigenvalue weighted by molar-refractivity contribution is 7.98. The van der Waals surface area contributed by atoms with Crippen molar-refractivity contribution in [2.45, 2.75) is 45.6 Å². The molecule has 1 saturated heterocycles. The zero-order valence-electron chi connectivity index (χ0n) is 13.3. The lowest BCUT2D eigenvalue weighted by Crippen LogP contribution is -2.50. The summed E-state index contributed by atoms with van der Waals surface area (Å²) in [7, 11) is 0. The number of carbonyl (C=O) groups is 2. The Kier molecular flexibility index (Phi) is 7.93. The maximum absolute atomic E-state index is 12.3. The molecule has 1 rings (SSSR count). The number of nitrogens with one attached hydrogen (secondary N) is 1. The highest BCUT2D eigenvalue weighted by Gasteiger charge is 2.28. The minimum atomic E-state index is -0.755. The van der Waals surface area contributed by atoms with Crippen molar-refractivity contribution in [3.05, 3.63) is 0 Å². The Labute approximate surface area is 131 Å². The average Bonchev–Trinajstić information content (AvgIpc) is 2.46. The number of hydrogen-bond acceptors (Lipinski definition) is 3. The molecule has 0 aliphatic carbocycles. The number of carboxylic acid groups (broad SMARTS) is 1. The maximum Gasteiger partial charge on any atom is 0.317 e. The van der Waals surface area contributed by atoms with Crippen molar-refractivity contribution in [2.24, 2.45) is 11.8 Å². The van der Waals surface area contributed by atoms with Crippen LogP contribution >= 0.6 is 11.8 Å². The molecule has 6 heteroatoms. The van der Waals surface area contributed by atoms with E-state index in [1.54, 1.807) is 11.8 Å². The largest absolute Gasteiger partial charge is 0.481 e. The van der Waals surface area contributed by atoms with Gasteiger partial charge in [-0.25, -0.2) is 4.79 Å². The molecule has 21 heavy (non-hydrogen) atoms. The number of rotatable bonds is 7. The fourth-order valence-corrected chi connectivity index (χ4v) is 3.55. The molecule has 122 valence electrons. The zero-order chi connectivity index (χ0) is 15.8. The summed E-state index contributed by atoms with van der Waals surface area (Å²) in [5.41, 5.74) is 0. The molecule has 1 heterocycles. The topological polar surface area (TPSA) is 69.6 Å². The van der Waals surface area contributed by atoms with Gasteiger partial charge in [-0.15, -0.1) is 0 Å². The van der Waals surface area contributed by atoms with Gasteiger partial charge in [0.15, 0.2) is 0 Å². The summed E-state index contributed by atoms with van der Waals surface area (Å²) in [6, 6.07) is 0.215. The Morgan fingerprint density at radius 1 is 1.48 bits per heavy atom. The maximum atomic E-state index is 12.3. The lowest BCUT2D eigenvalue weighted by Gasteiger charge is -2.36. The number of piperidine rings is 1. The van der Waals surface area contributed by atoms with Crippen LogP contribution in [0.5, 0.6) is 0 Å². The normalized spacial score (nSPS) is 21.7. The highest BCUT2D eigenvalue weighted by Crippen LogP contribution is 2.26. The van der Waals surface area contributed by atoms with Gasteiger partial charge in [0.1, 0.15) is 0 Å². The predicted molar refractivity (Wildman–Crippen MR) is 86.7 cm³/mol. The molecule has 2 amide bonds. The van der Waals surface area contributed by atoms with E-state index < -0.39 is 5.97 Å².